The second-order valence-corrected chi connectivity index (χ2v) is 6.44. The lowest BCUT2D eigenvalue weighted by molar-refractivity contribution is -0.129. The van der Waals surface area contributed by atoms with Gasteiger partial charge in [0.1, 0.15) is 0 Å². The van der Waals surface area contributed by atoms with Crippen LogP contribution < -0.4 is 5.48 Å². The molecule has 0 spiro atoms. The van der Waals surface area contributed by atoms with E-state index in [0.29, 0.717) is 6.42 Å². The summed E-state index contributed by atoms with van der Waals surface area (Å²) in [6, 6.07) is 0. The van der Waals surface area contributed by atoms with E-state index >= 15 is 0 Å². The Morgan fingerprint density at radius 2 is 2.08 bits per heavy atom. The summed E-state index contributed by atoms with van der Waals surface area (Å²) >= 11 is 0. The molecule has 0 saturated carbocycles. The maximum atomic E-state index is 11.1. The van der Waals surface area contributed by atoms with Crippen molar-refractivity contribution in [1.82, 2.24) is 10.0 Å². The normalized spacial score (nSPS) is 13.9. The van der Waals surface area contributed by atoms with Gasteiger partial charge >= 0.3 is 0 Å². The number of unbranched alkanes of at least 4 members (excludes halogenated alkanes) is 2. The van der Waals surface area contributed by atoms with Crippen molar-refractivity contribution in [2.75, 3.05) is 0 Å². The lowest BCUT2D eigenvalue weighted by Crippen LogP contribution is -2.17. The molecule has 0 aromatic carbocycles. The molecular formula is C20H30N2O2. The predicted molar refractivity (Wildman–Crippen MR) is 98.9 cm³/mol. The van der Waals surface area contributed by atoms with Crippen molar-refractivity contribution in [2.24, 2.45) is 0 Å². The highest BCUT2D eigenvalue weighted by atomic mass is 16.5. The Morgan fingerprint density at radius 3 is 2.79 bits per heavy atom. The third kappa shape index (κ3) is 4.38. The highest BCUT2D eigenvalue weighted by molar-refractivity contribution is 5.74. The van der Waals surface area contributed by atoms with Gasteiger partial charge in [0.05, 0.1) is 0 Å². The first-order valence-corrected chi connectivity index (χ1v) is 9.19. The molecule has 1 aromatic heterocycles. The zero-order valence-corrected chi connectivity index (χ0v) is 14.8. The van der Waals surface area contributed by atoms with E-state index in [-0.39, 0.29) is 5.91 Å². The van der Waals surface area contributed by atoms with Crippen molar-refractivity contribution in [1.29, 1.82) is 0 Å². The highest BCUT2D eigenvalue weighted by Crippen LogP contribution is 2.32. The summed E-state index contributed by atoms with van der Waals surface area (Å²) in [5.74, 6) is -0.299. The number of hydrogen-bond acceptors (Lipinski definition) is 2. The summed E-state index contributed by atoms with van der Waals surface area (Å²) in [4.78, 5) is 11.1. The van der Waals surface area contributed by atoms with Crippen molar-refractivity contribution in [3.05, 3.63) is 35.2 Å². The number of aromatic nitrogens is 1. The molecule has 2 rings (SSSR count). The standard InChI is InChI=1S/C20H30N2O2/c1-3-5-11-16-17-12-8-9-13-19(17)22(18(16)4-2)15-10-6-7-14-20(23)21-24/h4-5,11,24H,2-3,6-10,12-15H2,1H3,(H,21,23)/b11-5-. The first-order chi connectivity index (χ1) is 11.7. The molecule has 0 aliphatic heterocycles. The van der Waals surface area contributed by atoms with E-state index in [4.69, 9.17) is 5.21 Å². The topological polar surface area (TPSA) is 54.3 Å². The smallest absolute Gasteiger partial charge is 0.243 e. The Bertz CT molecular complexity index is 599. The van der Waals surface area contributed by atoms with Crippen LogP contribution in [0.4, 0.5) is 0 Å². The third-order valence-electron chi connectivity index (χ3n) is 4.78. The number of nitrogens with one attached hydrogen (secondary N) is 1. The summed E-state index contributed by atoms with van der Waals surface area (Å²) in [6.45, 7) is 7.19. The van der Waals surface area contributed by atoms with E-state index in [9.17, 15) is 4.79 Å². The lowest BCUT2D eigenvalue weighted by atomic mass is 9.94. The maximum absolute atomic E-state index is 11.1. The summed E-state index contributed by atoms with van der Waals surface area (Å²) in [7, 11) is 0. The molecule has 1 aliphatic carbocycles. The quantitative estimate of drug-likeness (QED) is 0.398. The molecule has 24 heavy (non-hydrogen) atoms. The molecule has 4 nitrogen and oxygen atoms in total. The summed E-state index contributed by atoms with van der Waals surface area (Å²) in [5, 5.41) is 8.52. The number of carbonyl (C=O) groups excluding carboxylic acids is 1. The molecule has 0 atom stereocenters. The molecular weight excluding hydrogens is 300 g/mol. The Hall–Kier alpha value is -1.81. The van der Waals surface area contributed by atoms with Crippen molar-refractivity contribution < 1.29 is 10.0 Å². The first kappa shape index (κ1) is 18.5. The molecule has 0 radical (unpaired) electrons. The van der Waals surface area contributed by atoms with Gasteiger partial charge in [-0.15, -0.1) is 0 Å². The molecule has 1 heterocycles. The van der Waals surface area contributed by atoms with Gasteiger partial charge in [-0.2, -0.15) is 0 Å². The minimum absolute atomic E-state index is 0.299. The zero-order chi connectivity index (χ0) is 17.4. The van der Waals surface area contributed by atoms with Gasteiger partial charge in [-0.3, -0.25) is 10.0 Å². The van der Waals surface area contributed by atoms with Gasteiger partial charge in [0.15, 0.2) is 0 Å². The zero-order valence-electron chi connectivity index (χ0n) is 14.8. The first-order valence-electron chi connectivity index (χ1n) is 9.19. The van der Waals surface area contributed by atoms with Crippen molar-refractivity contribution >= 4 is 18.1 Å². The van der Waals surface area contributed by atoms with Gasteiger partial charge in [-0.05, 0) is 56.6 Å². The molecule has 0 saturated heterocycles. The molecule has 132 valence electrons. The number of rotatable bonds is 9. The van der Waals surface area contributed by atoms with E-state index in [1.807, 2.05) is 6.08 Å². The van der Waals surface area contributed by atoms with Gasteiger partial charge in [-0.1, -0.05) is 32.1 Å². The average molecular weight is 330 g/mol. The molecule has 2 N–H and O–H groups in total. The average Bonchev–Trinajstić information content (AvgIpc) is 2.92. The summed E-state index contributed by atoms with van der Waals surface area (Å²) in [5.41, 5.74) is 7.30. The van der Waals surface area contributed by atoms with Gasteiger partial charge in [0, 0.05) is 29.9 Å². The van der Waals surface area contributed by atoms with Crippen molar-refractivity contribution in [2.45, 2.75) is 71.3 Å². The second kappa shape index (κ2) is 9.48. The van der Waals surface area contributed by atoms with Crippen LogP contribution in [-0.4, -0.2) is 15.7 Å². The van der Waals surface area contributed by atoms with E-state index in [1.54, 1.807) is 5.48 Å². The minimum atomic E-state index is -0.299. The van der Waals surface area contributed by atoms with Crippen LogP contribution in [0.5, 0.6) is 0 Å². The van der Waals surface area contributed by atoms with Crippen LogP contribution in [0.15, 0.2) is 12.7 Å². The number of hydroxylamine groups is 1. The fourth-order valence-electron chi connectivity index (χ4n) is 3.61. The molecule has 1 aliphatic rings. The summed E-state index contributed by atoms with van der Waals surface area (Å²) in [6.07, 6.45) is 15.6. The highest BCUT2D eigenvalue weighted by Gasteiger charge is 2.21. The fraction of sp³-hybridized carbons (Fsp3) is 0.550. The second-order valence-electron chi connectivity index (χ2n) is 6.44. The number of hydrogen-bond donors (Lipinski definition) is 2. The van der Waals surface area contributed by atoms with Gasteiger partial charge in [0.2, 0.25) is 5.91 Å². The number of fused-ring (bicyclic) bond motifs is 1. The summed E-state index contributed by atoms with van der Waals surface area (Å²) < 4.78 is 2.45. The van der Waals surface area contributed by atoms with Crippen LogP contribution in [0.1, 0.15) is 74.4 Å². The van der Waals surface area contributed by atoms with Crippen molar-refractivity contribution in [3.8, 4) is 0 Å². The van der Waals surface area contributed by atoms with Crippen molar-refractivity contribution in [3.63, 3.8) is 0 Å². The van der Waals surface area contributed by atoms with Crippen LogP contribution in [0.2, 0.25) is 0 Å². The van der Waals surface area contributed by atoms with Crippen LogP contribution >= 0.6 is 0 Å². The third-order valence-corrected chi connectivity index (χ3v) is 4.78. The minimum Gasteiger partial charge on any atom is -0.344 e. The molecule has 0 fully saturated rings. The number of amides is 1. The molecule has 0 unspecified atom stereocenters. The molecule has 1 amide bonds. The van der Waals surface area contributed by atoms with Gasteiger partial charge in [0.25, 0.3) is 0 Å². The fourth-order valence-corrected chi connectivity index (χ4v) is 3.61. The molecule has 0 bridgehead atoms. The maximum Gasteiger partial charge on any atom is 0.243 e. The van der Waals surface area contributed by atoms with Crippen LogP contribution in [-0.2, 0) is 24.2 Å². The Morgan fingerprint density at radius 1 is 1.29 bits per heavy atom. The largest absolute Gasteiger partial charge is 0.344 e. The van der Waals surface area contributed by atoms with E-state index < -0.39 is 0 Å². The van der Waals surface area contributed by atoms with Crippen LogP contribution in [0.3, 0.4) is 0 Å². The van der Waals surface area contributed by atoms with E-state index in [0.717, 1.165) is 38.6 Å². The lowest BCUT2D eigenvalue weighted by Gasteiger charge is -2.16. The number of nitrogens with zero attached hydrogens (tertiary/aromatic N) is 1. The van der Waals surface area contributed by atoms with Crippen LogP contribution in [0, 0.1) is 0 Å². The van der Waals surface area contributed by atoms with Gasteiger partial charge in [-0.25, -0.2) is 5.48 Å². The van der Waals surface area contributed by atoms with Gasteiger partial charge < -0.3 is 4.57 Å². The van der Waals surface area contributed by atoms with E-state index in [2.05, 4.69) is 30.2 Å². The number of allylic oxidation sites excluding steroid dienone is 1. The Kier molecular flexibility index (Phi) is 7.32. The van der Waals surface area contributed by atoms with E-state index in [1.165, 1.54) is 41.8 Å². The predicted octanol–water partition coefficient (Wildman–Crippen LogP) is 4.50. The Labute approximate surface area is 145 Å². The monoisotopic (exact) mass is 330 g/mol. The Balaban J connectivity index is 2.10. The number of carbonyl (C=O) groups is 1. The molecule has 1 aromatic rings. The molecule has 4 heteroatoms. The SMILES string of the molecule is C=Cc1c(/C=C\CC)c2c(n1CCCCCC(=O)NO)CCCC2. The van der Waals surface area contributed by atoms with Crippen LogP contribution in [0.25, 0.3) is 12.2 Å².